The van der Waals surface area contributed by atoms with Gasteiger partial charge < -0.3 is 24.9 Å². The molecule has 2 aromatic carbocycles. The number of methoxy groups -OCH3 is 1. The van der Waals surface area contributed by atoms with Gasteiger partial charge in [0.25, 0.3) is 0 Å². The average molecular weight is 494 g/mol. The van der Waals surface area contributed by atoms with Crippen molar-refractivity contribution in [3.63, 3.8) is 0 Å². The molecule has 0 aliphatic rings. The van der Waals surface area contributed by atoms with Crippen molar-refractivity contribution in [1.29, 1.82) is 0 Å². The molecule has 0 aliphatic heterocycles. The molecule has 0 fully saturated rings. The highest BCUT2D eigenvalue weighted by Gasteiger charge is 2.16. The fourth-order valence-electron chi connectivity index (χ4n) is 3.52. The third-order valence-electron chi connectivity index (χ3n) is 5.25. The van der Waals surface area contributed by atoms with Gasteiger partial charge in [0.2, 0.25) is 0 Å². The van der Waals surface area contributed by atoms with Crippen molar-refractivity contribution in [2.75, 3.05) is 19.0 Å². The summed E-state index contributed by atoms with van der Waals surface area (Å²) in [6, 6.07) is 13.9. The Morgan fingerprint density at radius 1 is 1.14 bits per heavy atom. The molecule has 180 valence electrons. The van der Waals surface area contributed by atoms with Gasteiger partial charge in [-0.05, 0) is 54.1 Å². The fraction of sp³-hybridized carbons (Fsp3) is 0.200. The van der Waals surface area contributed by atoms with Crippen LogP contribution in [0.4, 0.5) is 5.69 Å². The summed E-state index contributed by atoms with van der Waals surface area (Å²) in [6.45, 7) is 2.29. The molecule has 10 heteroatoms. The maximum Gasteiger partial charge on any atom is 0.393 e. The van der Waals surface area contributed by atoms with Crippen molar-refractivity contribution in [2.24, 2.45) is 5.92 Å². The van der Waals surface area contributed by atoms with Crippen LogP contribution in [-0.2, 0) is 16.0 Å². The summed E-state index contributed by atoms with van der Waals surface area (Å²) in [5.41, 5.74) is 1.36. The summed E-state index contributed by atoms with van der Waals surface area (Å²) >= 11 is 1.59. The van der Waals surface area contributed by atoms with E-state index in [0.29, 0.717) is 30.0 Å². The average Bonchev–Trinajstić information content (AvgIpc) is 3.48. The molecule has 0 bridgehead atoms. The SMILES string of the molecule is COc1ncc(-c2cccc(NC(=O)C(=O)NCC(C)Cc3cc4cc(C(=O)O)ccc4s3)c2)o1. The number of anilines is 1. The topological polar surface area (TPSA) is 131 Å². The highest BCUT2D eigenvalue weighted by molar-refractivity contribution is 7.19. The van der Waals surface area contributed by atoms with Crippen molar-refractivity contribution >= 4 is 44.9 Å². The zero-order chi connectivity index (χ0) is 24.9. The van der Waals surface area contributed by atoms with E-state index < -0.39 is 17.8 Å². The number of oxazole rings is 1. The first-order valence-corrected chi connectivity index (χ1v) is 11.6. The van der Waals surface area contributed by atoms with E-state index in [9.17, 15) is 14.4 Å². The van der Waals surface area contributed by atoms with Gasteiger partial charge in [-0.2, -0.15) is 4.98 Å². The Hall–Kier alpha value is -4.18. The maximum atomic E-state index is 12.4. The van der Waals surface area contributed by atoms with E-state index in [0.717, 1.165) is 15.0 Å². The van der Waals surface area contributed by atoms with E-state index in [-0.39, 0.29) is 17.6 Å². The molecular weight excluding hydrogens is 470 g/mol. The van der Waals surface area contributed by atoms with Crippen LogP contribution < -0.4 is 15.4 Å². The predicted molar refractivity (Wildman–Crippen MR) is 132 cm³/mol. The number of carbonyl (C=O) groups excluding carboxylic acids is 2. The number of aromatic carboxylic acids is 1. The van der Waals surface area contributed by atoms with Crippen LogP contribution in [0.3, 0.4) is 0 Å². The molecule has 3 N–H and O–H groups in total. The molecule has 4 rings (SSSR count). The Labute approximate surface area is 204 Å². The largest absolute Gasteiger partial charge is 0.478 e. The number of fused-ring (bicyclic) bond motifs is 1. The second-order valence-electron chi connectivity index (χ2n) is 8.02. The summed E-state index contributed by atoms with van der Waals surface area (Å²) in [5, 5.41) is 15.3. The van der Waals surface area contributed by atoms with Crippen LogP contribution in [0.5, 0.6) is 6.08 Å². The van der Waals surface area contributed by atoms with Gasteiger partial charge in [0, 0.05) is 27.4 Å². The third-order valence-corrected chi connectivity index (χ3v) is 6.38. The summed E-state index contributed by atoms with van der Waals surface area (Å²) < 4.78 is 11.4. The van der Waals surface area contributed by atoms with Crippen molar-refractivity contribution in [1.82, 2.24) is 10.3 Å². The highest BCUT2D eigenvalue weighted by atomic mass is 32.1. The van der Waals surface area contributed by atoms with E-state index >= 15 is 0 Å². The van der Waals surface area contributed by atoms with Crippen LogP contribution in [0.1, 0.15) is 22.2 Å². The Morgan fingerprint density at radius 3 is 2.71 bits per heavy atom. The summed E-state index contributed by atoms with van der Waals surface area (Å²) in [5.74, 6) is -1.92. The number of amides is 2. The number of hydrogen-bond acceptors (Lipinski definition) is 7. The lowest BCUT2D eigenvalue weighted by Gasteiger charge is -2.12. The van der Waals surface area contributed by atoms with Gasteiger partial charge in [0.1, 0.15) is 0 Å². The Balaban J connectivity index is 1.30. The number of carbonyl (C=O) groups is 3. The molecule has 0 spiro atoms. The van der Waals surface area contributed by atoms with Gasteiger partial charge in [-0.3, -0.25) is 9.59 Å². The monoisotopic (exact) mass is 493 g/mol. The quantitative estimate of drug-likeness (QED) is 0.314. The van der Waals surface area contributed by atoms with Crippen molar-refractivity contribution < 1.29 is 28.6 Å². The zero-order valence-corrected chi connectivity index (χ0v) is 19.8. The van der Waals surface area contributed by atoms with E-state index in [4.69, 9.17) is 14.3 Å². The number of rotatable bonds is 8. The third kappa shape index (κ3) is 5.85. The minimum absolute atomic E-state index is 0.0727. The molecular formula is C25H23N3O6S. The van der Waals surface area contributed by atoms with Gasteiger partial charge in [0.15, 0.2) is 5.76 Å². The Morgan fingerprint density at radius 2 is 1.97 bits per heavy atom. The number of benzene rings is 2. The second-order valence-corrected chi connectivity index (χ2v) is 9.19. The Kier molecular flexibility index (Phi) is 7.11. The van der Waals surface area contributed by atoms with Crippen LogP contribution in [0.15, 0.2) is 59.1 Å². The number of carboxylic acid groups (broad SMARTS) is 1. The number of aromatic nitrogens is 1. The van der Waals surface area contributed by atoms with Crippen LogP contribution >= 0.6 is 11.3 Å². The molecule has 0 aliphatic carbocycles. The second kappa shape index (κ2) is 10.4. The molecule has 35 heavy (non-hydrogen) atoms. The molecule has 1 unspecified atom stereocenters. The number of nitrogens with one attached hydrogen (secondary N) is 2. The fourth-order valence-corrected chi connectivity index (χ4v) is 4.73. The number of thiophene rings is 1. The molecule has 2 amide bonds. The van der Waals surface area contributed by atoms with E-state index in [1.807, 2.05) is 13.0 Å². The molecule has 0 saturated carbocycles. The van der Waals surface area contributed by atoms with Gasteiger partial charge in [-0.1, -0.05) is 19.1 Å². The minimum Gasteiger partial charge on any atom is -0.478 e. The summed E-state index contributed by atoms with van der Waals surface area (Å²) in [6.07, 6.45) is 2.32. The van der Waals surface area contributed by atoms with Gasteiger partial charge in [-0.15, -0.1) is 11.3 Å². The standard InChI is InChI=1S/C25H23N3O6S/c1-14(8-19-11-17-9-16(24(31)32)6-7-21(17)35-19)12-26-22(29)23(30)28-18-5-3-4-15(10-18)20-13-27-25(33-2)34-20/h3-7,9-11,13-14H,8,12H2,1-2H3,(H,26,29)(H,28,30)(H,31,32). The van der Waals surface area contributed by atoms with E-state index in [1.165, 1.54) is 13.3 Å². The van der Waals surface area contributed by atoms with Crippen LogP contribution in [0, 0.1) is 5.92 Å². The van der Waals surface area contributed by atoms with Crippen molar-refractivity contribution in [3.05, 3.63) is 65.2 Å². The summed E-state index contributed by atoms with van der Waals surface area (Å²) in [7, 11) is 1.45. The molecule has 4 aromatic rings. The normalized spacial score (nSPS) is 11.7. The first-order chi connectivity index (χ1) is 16.8. The highest BCUT2D eigenvalue weighted by Crippen LogP contribution is 2.28. The first kappa shape index (κ1) is 24.0. The van der Waals surface area contributed by atoms with Gasteiger partial charge >= 0.3 is 23.9 Å². The first-order valence-electron chi connectivity index (χ1n) is 10.8. The lowest BCUT2D eigenvalue weighted by atomic mass is 10.1. The molecule has 9 nitrogen and oxygen atoms in total. The molecule has 1 atom stereocenters. The van der Waals surface area contributed by atoms with Crippen molar-refractivity contribution in [3.8, 4) is 17.4 Å². The zero-order valence-electron chi connectivity index (χ0n) is 19.0. The maximum absolute atomic E-state index is 12.4. The lowest BCUT2D eigenvalue weighted by molar-refractivity contribution is -0.136. The van der Waals surface area contributed by atoms with E-state index in [2.05, 4.69) is 15.6 Å². The predicted octanol–water partition coefficient (Wildman–Crippen LogP) is 4.20. The summed E-state index contributed by atoms with van der Waals surface area (Å²) in [4.78, 5) is 40.9. The number of nitrogens with zero attached hydrogens (tertiary/aromatic N) is 1. The molecule has 0 saturated heterocycles. The number of ether oxygens (including phenoxy) is 1. The molecule has 2 aromatic heterocycles. The molecule has 2 heterocycles. The van der Waals surface area contributed by atoms with Crippen molar-refractivity contribution in [2.45, 2.75) is 13.3 Å². The van der Waals surface area contributed by atoms with Gasteiger partial charge in [0.05, 0.1) is 18.9 Å². The van der Waals surface area contributed by atoms with Gasteiger partial charge in [-0.25, -0.2) is 4.79 Å². The smallest absolute Gasteiger partial charge is 0.393 e. The van der Waals surface area contributed by atoms with E-state index in [1.54, 1.807) is 53.8 Å². The minimum atomic E-state index is -0.959. The Bertz CT molecular complexity index is 1390. The van der Waals surface area contributed by atoms with Crippen LogP contribution in [0.2, 0.25) is 0 Å². The van der Waals surface area contributed by atoms with Crippen LogP contribution in [0.25, 0.3) is 21.4 Å². The van der Waals surface area contributed by atoms with Crippen LogP contribution in [-0.4, -0.2) is 41.5 Å². The molecule has 0 radical (unpaired) electrons. The number of hydrogen-bond donors (Lipinski definition) is 3. The number of carboxylic acids is 1. The lowest BCUT2D eigenvalue weighted by Crippen LogP contribution is -2.37.